The van der Waals surface area contributed by atoms with Crippen molar-refractivity contribution >= 4 is 38.2 Å². The SMILES string of the molecule is C/C(=C/C#N)C(c1c[nH]c2cccc(NS(C)(=O)=O)c12)C(C)c1ccccc1Cl. The van der Waals surface area contributed by atoms with Gasteiger partial charge in [-0.3, -0.25) is 4.72 Å². The van der Waals surface area contributed by atoms with E-state index in [-0.39, 0.29) is 11.8 Å². The van der Waals surface area contributed by atoms with Crippen LogP contribution in [0.25, 0.3) is 10.9 Å². The highest BCUT2D eigenvalue weighted by Gasteiger charge is 2.27. The molecule has 150 valence electrons. The summed E-state index contributed by atoms with van der Waals surface area (Å²) in [5, 5.41) is 10.7. The van der Waals surface area contributed by atoms with Gasteiger partial charge in [0.15, 0.2) is 0 Å². The molecule has 2 N–H and O–H groups in total. The molecule has 2 unspecified atom stereocenters. The summed E-state index contributed by atoms with van der Waals surface area (Å²) >= 11 is 6.46. The Balaban J connectivity index is 2.25. The highest BCUT2D eigenvalue weighted by atomic mass is 35.5. The van der Waals surface area contributed by atoms with Crippen LogP contribution >= 0.6 is 11.6 Å². The molecular weight excluding hydrogens is 406 g/mol. The van der Waals surface area contributed by atoms with Crippen molar-refractivity contribution in [1.82, 2.24) is 4.98 Å². The van der Waals surface area contributed by atoms with Gasteiger partial charge >= 0.3 is 0 Å². The molecule has 0 saturated carbocycles. The predicted molar refractivity (Wildman–Crippen MR) is 119 cm³/mol. The van der Waals surface area contributed by atoms with Crippen molar-refractivity contribution in [2.75, 3.05) is 11.0 Å². The monoisotopic (exact) mass is 427 g/mol. The average molecular weight is 428 g/mol. The van der Waals surface area contributed by atoms with Crippen LogP contribution in [0.15, 0.2) is 60.3 Å². The van der Waals surface area contributed by atoms with Crippen molar-refractivity contribution in [3.8, 4) is 6.07 Å². The number of halogens is 1. The second-order valence-electron chi connectivity index (χ2n) is 7.15. The van der Waals surface area contributed by atoms with Crippen LogP contribution in [0.4, 0.5) is 5.69 Å². The molecule has 5 nitrogen and oxygen atoms in total. The van der Waals surface area contributed by atoms with Crippen molar-refractivity contribution in [3.05, 3.63) is 76.5 Å². The third-order valence-corrected chi connectivity index (χ3v) is 5.98. The van der Waals surface area contributed by atoms with E-state index < -0.39 is 10.0 Å². The van der Waals surface area contributed by atoms with Crippen LogP contribution in [0.1, 0.15) is 36.8 Å². The fraction of sp³-hybridized carbons (Fsp3) is 0.227. The van der Waals surface area contributed by atoms with Crippen molar-refractivity contribution in [1.29, 1.82) is 5.26 Å². The zero-order valence-corrected chi connectivity index (χ0v) is 18.0. The molecule has 0 aliphatic heterocycles. The second kappa shape index (κ2) is 8.32. The normalized spacial score (nSPS) is 14.4. The number of hydrogen-bond acceptors (Lipinski definition) is 3. The van der Waals surface area contributed by atoms with Crippen LogP contribution < -0.4 is 4.72 Å². The smallest absolute Gasteiger partial charge is 0.229 e. The minimum Gasteiger partial charge on any atom is -0.361 e. The first-order valence-electron chi connectivity index (χ1n) is 9.11. The Hall–Kier alpha value is -2.75. The molecule has 3 aromatic rings. The maximum atomic E-state index is 11.9. The van der Waals surface area contributed by atoms with Gasteiger partial charge in [0.05, 0.1) is 18.0 Å². The van der Waals surface area contributed by atoms with Gasteiger partial charge in [-0.1, -0.05) is 48.4 Å². The van der Waals surface area contributed by atoms with Crippen molar-refractivity contribution in [2.45, 2.75) is 25.7 Å². The lowest BCUT2D eigenvalue weighted by Crippen LogP contribution is -2.13. The fourth-order valence-corrected chi connectivity index (χ4v) is 4.74. The molecular formula is C22H22ClN3O2S. The molecule has 1 aromatic heterocycles. The van der Waals surface area contributed by atoms with Crippen LogP contribution in [-0.2, 0) is 10.0 Å². The molecule has 0 spiro atoms. The summed E-state index contributed by atoms with van der Waals surface area (Å²) in [7, 11) is -3.45. The molecule has 2 atom stereocenters. The number of allylic oxidation sites excluding steroid dienone is 2. The summed E-state index contributed by atoms with van der Waals surface area (Å²) in [6.45, 7) is 3.97. The van der Waals surface area contributed by atoms with Gasteiger partial charge in [-0.05, 0) is 42.2 Å². The van der Waals surface area contributed by atoms with E-state index in [2.05, 4.69) is 22.7 Å². The number of benzene rings is 2. The number of nitrogens with zero attached hydrogens (tertiary/aromatic N) is 1. The Labute approximate surface area is 176 Å². The lowest BCUT2D eigenvalue weighted by molar-refractivity contribution is 0.607. The summed E-state index contributed by atoms with van der Waals surface area (Å²) in [5.74, 6) is -0.218. The van der Waals surface area contributed by atoms with E-state index in [1.807, 2.05) is 43.5 Å². The molecule has 29 heavy (non-hydrogen) atoms. The standard InChI is InChI=1S/C22H22ClN3O2S/c1-14(11-12-24)21(15(2)16-7-4-5-8-18(16)23)17-13-25-19-9-6-10-20(22(17)19)26-29(3,27)28/h4-11,13,15,21,25-26H,1-3H3/b14-11-. The maximum absolute atomic E-state index is 11.9. The fourth-order valence-electron chi connectivity index (χ4n) is 3.87. The number of fused-ring (bicyclic) bond motifs is 1. The topological polar surface area (TPSA) is 85.8 Å². The lowest BCUT2D eigenvalue weighted by Gasteiger charge is -2.26. The molecule has 2 aromatic carbocycles. The van der Waals surface area contributed by atoms with Gasteiger partial charge in [-0.2, -0.15) is 5.26 Å². The minimum absolute atomic E-state index is 0.0430. The second-order valence-corrected chi connectivity index (χ2v) is 9.31. The van der Waals surface area contributed by atoms with Crippen molar-refractivity contribution in [3.63, 3.8) is 0 Å². The third kappa shape index (κ3) is 4.47. The Bertz CT molecular complexity index is 1220. The maximum Gasteiger partial charge on any atom is 0.229 e. The molecule has 0 radical (unpaired) electrons. The lowest BCUT2D eigenvalue weighted by atomic mass is 9.78. The van der Waals surface area contributed by atoms with Crippen molar-refractivity contribution < 1.29 is 8.42 Å². The van der Waals surface area contributed by atoms with Gasteiger partial charge < -0.3 is 4.98 Å². The van der Waals surface area contributed by atoms with E-state index in [9.17, 15) is 13.7 Å². The Morgan fingerprint density at radius 2 is 1.93 bits per heavy atom. The molecule has 7 heteroatoms. The van der Waals surface area contributed by atoms with Gasteiger partial charge in [0.2, 0.25) is 10.0 Å². The van der Waals surface area contributed by atoms with Gasteiger partial charge in [-0.15, -0.1) is 0 Å². The predicted octanol–water partition coefficient (Wildman–Crippen LogP) is 5.55. The van der Waals surface area contributed by atoms with E-state index in [4.69, 9.17) is 11.6 Å². The summed E-state index contributed by atoms with van der Waals surface area (Å²) in [6, 6.07) is 15.2. The summed E-state index contributed by atoms with van der Waals surface area (Å²) in [5.41, 5.74) is 4.06. The third-order valence-electron chi connectivity index (χ3n) is 5.05. The number of aromatic nitrogens is 1. The van der Waals surface area contributed by atoms with Gasteiger partial charge in [-0.25, -0.2) is 8.42 Å². The zero-order valence-electron chi connectivity index (χ0n) is 16.4. The number of nitriles is 1. The van der Waals surface area contributed by atoms with Crippen LogP contribution in [0, 0.1) is 11.3 Å². The van der Waals surface area contributed by atoms with E-state index in [0.29, 0.717) is 10.7 Å². The molecule has 0 fully saturated rings. The minimum atomic E-state index is -3.45. The van der Waals surface area contributed by atoms with E-state index in [0.717, 1.165) is 33.9 Å². The van der Waals surface area contributed by atoms with Crippen LogP contribution in [-0.4, -0.2) is 19.7 Å². The highest BCUT2D eigenvalue weighted by molar-refractivity contribution is 7.92. The van der Waals surface area contributed by atoms with Gasteiger partial charge in [0.25, 0.3) is 0 Å². The number of hydrogen-bond donors (Lipinski definition) is 2. The Morgan fingerprint density at radius 1 is 1.21 bits per heavy atom. The van der Waals surface area contributed by atoms with Crippen LogP contribution in [0.3, 0.4) is 0 Å². The van der Waals surface area contributed by atoms with Crippen molar-refractivity contribution in [2.24, 2.45) is 0 Å². The quantitative estimate of drug-likeness (QED) is 0.505. The van der Waals surface area contributed by atoms with E-state index in [1.165, 1.54) is 6.08 Å². The molecule has 0 amide bonds. The summed E-state index contributed by atoms with van der Waals surface area (Å²) in [4.78, 5) is 3.23. The van der Waals surface area contributed by atoms with E-state index in [1.54, 1.807) is 12.1 Å². The number of anilines is 1. The van der Waals surface area contributed by atoms with E-state index >= 15 is 0 Å². The van der Waals surface area contributed by atoms with Gasteiger partial charge in [0.1, 0.15) is 0 Å². The molecule has 1 heterocycles. The Kier molecular flexibility index (Phi) is 6.02. The molecule has 0 saturated heterocycles. The average Bonchev–Trinajstić information content (AvgIpc) is 3.06. The zero-order chi connectivity index (χ0) is 21.2. The van der Waals surface area contributed by atoms with Crippen LogP contribution in [0.2, 0.25) is 5.02 Å². The summed E-state index contributed by atoms with van der Waals surface area (Å²) in [6.07, 6.45) is 4.54. The van der Waals surface area contributed by atoms with Gasteiger partial charge in [0, 0.05) is 34.1 Å². The molecule has 0 aliphatic carbocycles. The largest absolute Gasteiger partial charge is 0.361 e. The Morgan fingerprint density at radius 3 is 2.59 bits per heavy atom. The first kappa shape index (κ1) is 21.0. The molecule has 0 aliphatic rings. The first-order chi connectivity index (χ1) is 13.7. The molecule has 0 bridgehead atoms. The molecule has 3 rings (SSSR count). The highest BCUT2D eigenvalue weighted by Crippen LogP contribution is 2.44. The summed E-state index contributed by atoms with van der Waals surface area (Å²) < 4.78 is 26.4. The number of aromatic amines is 1. The number of H-pyrrole nitrogens is 1. The number of rotatable bonds is 6. The first-order valence-corrected chi connectivity index (χ1v) is 11.4. The number of nitrogens with one attached hydrogen (secondary N) is 2. The number of sulfonamides is 1. The van der Waals surface area contributed by atoms with Crippen LogP contribution in [0.5, 0.6) is 0 Å².